The number of ether oxygens (including phenoxy) is 1. The molecule has 1 amide bonds. The van der Waals surface area contributed by atoms with E-state index in [1.165, 1.54) is 24.4 Å². The third-order valence-corrected chi connectivity index (χ3v) is 3.79. The number of hydrogen-bond donors (Lipinski definition) is 3. The number of carbonyl (C=O) groups excluding carboxylic acids is 1. The van der Waals surface area contributed by atoms with E-state index in [0.717, 1.165) is 18.6 Å². The van der Waals surface area contributed by atoms with Gasteiger partial charge in [-0.1, -0.05) is 32.4 Å². The summed E-state index contributed by atoms with van der Waals surface area (Å²) in [5.41, 5.74) is 3.40. The molecule has 0 aliphatic heterocycles. The number of benzene rings is 1. The van der Waals surface area contributed by atoms with E-state index in [-0.39, 0.29) is 5.54 Å². The lowest BCUT2D eigenvalue weighted by atomic mass is 10.1. The average molecular weight is 343 g/mol. The Balaban J connectivity index is 0.000000701. The van der Waals surface area contributed by atoms with Crippen LogP contribution >= 0.6 is 0 Å². The summed E-state index contributed by atoms with van der Waals surface area (Å²) in [4.78, 5) is 19.7. The van der Waals surface area contributed by atoms with E-state index in [4.69, 9.17) is 10.6 Å². The Hall–Kier alpha value is -2.67. The molecule has 1 aromatic heterocycles. The predicted octanol–water partition coefficient (Wildman–Crippen LogP) is 2.61. The number of rotatable bonds is 5. The summed E-state index contributed by atoms with van der Waals surface area (Å²) in [5.74, 6) is 5.97. The Morgan fingerprint density at radius 2 is 1.76 bits per heavy atom. The Morgan fingerprint density at radius 3 is 2.20 bits per heavy atom. The van der Waals surface area contributed by atoms with Gasteiger partial charge in [-0.05, 0) is 30.5 Å². The Kier molecular flexibility index (Phi) is 6.30. The number of aromatic nitrogens is 2. The number of nitrogens with zero attached hydrogens (tertiary/aromatic N) is 2. The molecule has 7 nitrogen and oxygen atoms in total. The molecule has 2 aromatic rings. The molecule has 134 valence electrons. The van der Waals surface area contributed by atoms with Crippen LogP contribution in [0.3, 0.4) is 0 Å². The van der Waals surface area contributed by atoms with E-state index in [0.29, 0.717) is 11.5 Å². The molecule has 4 N–H and O–H groups in total. The predicted molar refractivity (Wildman–Crippen MR) is 97.2 cm³/mol. The van der Waals surface area contributed by atoms with Crippen molar-refractivity contribution in [1.82, 2.24) is 15.4 Å². The number of nitrogens with two attached hydrogens (primary N) is 1. The van der Waals surface area contributed by atoms with Crippen LogP contribution in [0.25, 0.3) is 0 Å². The number of anilines is 1. The van der Waals surface area contributed by atoms with E-state index in [9.17, 15) is 4.79 Å². The maximum Gasteiger partial charge on any atom is 0.268 e. The van der Waals surface area contributed by atoms with Gasteiger partial charge in [0.15, 0.2) is 0 Å². The molecule has 3 rings (SSSR count). The molecule has 1 aliphatic rings. The topological polar surface area (TPSA) is 102 Å². The first-order valence-electron chi connectivity index (χ1n) is 8.34. The Bertz CT molecular complexity index is 682. The highest BCUT2D eigenvalue weighted by Gasteiger charge is 2.45. The lowest BCUT2D eigenvalue weighted by Gasteiger charge is -2.18. The zero-order valence-electron chi connectivity index (χ0n) is 14.9. The van der Waals surface area contributed by atoms with Crippen molar-refractivity contribution in [3.8, 4) is 5.75 Å². The van der Waals surface area contributed by atoms with E-state index in [1.54, 1.807) is 7.11 Å². The molecule has 7 heteroatoms. The molecule has 0 bridgehead atoms. The van der Waals surface area contributed by atoms with E-state index in [1.807, 2.05) is 29.7 Å². The Labute approximate surface area is 148 Å². The smallest absolute Gasteiger partial charge is 0.268 e. The SMILES string of the molecule is CCC.COc1ccc(C2(Nc3ncc(C(=O)NN)cn3)CC2)cc1. The second-order valence-electron chi connectivity index (χ2n) is 5.91. The van der Waals surface area contributed by atoms with Crippen molar-refractivity contribution in [2.24, 2.45) is 5.84 Å². The molecule has 1 aromatic carbocycles. The maximum atomic E-state index is 11.4. The van der Waals surface area contributed by atoms with Crippen molar-refractivity contribution in [3.63, 3.8) is 0 Å². The number of hydrazine groups is 1. The average Bonchev–Trinajstić information content (AvgIpc) is 3.43. The summed E-state index contributed by atoms with van der Waals surface area (Å²) < 4.78 is 5.17. The highest BCUT2D eigenvalue weighted by Crippen LogP contribution is 2.48. The minimum atomic E-state index is -0.414. The van der Waals surface area contributed by atoms with Gasteiger partial charge in [0.1, 0.15) is 5.75 Å². The summed E-state index contributed by atoms with van der Waals surface area (Å²) in [6.45, 7) is 4.25. The lowest BCUT2D eigenvalue weighted by Crippen LogP contribution is -2.30. The molecule has 0 saturated heterocycles. The van der Waals surface area contributed by atoms with Gasteiger partial charge in [0.2, 0.25) is 5.95 Å². The van der Waals surface area contributed by atoms with Gasteiger partial charge < -0.3 is 10.1 Å². The number of hydrogen-bond acceptors (Lipinski definition) is 6. The quantitative estimate of drug-likeness (QED) is 0.438. The van der Waals surface area contributed by atoms with Gasteiger partial charge in [0.25, 0.3) is 5.91 Å². The molecule has 0 radical (unpaired) electrons. The lowest BCUT2D eigenvalue weighted by molar-refractivity contribution is 0.0953. The third kappa shape index (κ3) is 4.67. The third-order valence-electron chi connectivity index (χ3n) is 3.79. The van der Waals surface area contributed by atoms with Gasteiger partial charge in [-0.25, -0.2) is 15.8 Å². The number of nitrogen functional groups attached to an aromatic ring is 1. The summed E-state index contributed by atoms with van der Waals surface area (Å²) in [6.07, 6.45) is 6.16. The molecular weight excluding hydrogens is 318 g/mol. The van der Waals surface area contributed by atoms with Gasteiger partial charge in [0.05, 0.1) is 18.2 Å². The van der Waals surface area contributed by atoms with Crippen LogP contribution in [0.1, 0.15) is 49.0 Å². The van der Waals surface area contributed by atoms with Crippen LogP contribution in [0.4, 0.5) is 5.95 Å². The molecule has 0 spiro atoms. The van der Waals surface area contributed by atoms with Crippen molar-refractivity contribution < 1.29 is 9.53 Å². The molecule has 1 aliphatic carbocycles. The fourth-order valence-corrected chi connectivity index (χ4v) is 2.33. The van der Waals surface area contributed by atoms with Crippen LogP contribution in [-0.4, -0.2) is 23.0 Å². The van der Waals surface area contributed by atoms with Crippen molar-refractivity contribution in [3.05, 3.63) is 47.8 Å². The van der Waals surface area contributed by atoms with Gasteiger partial charge in [-0.15, -0.1) is 0 Å². The molecule has 0 atom stereocenters. The molecule has 25 heavy (non-hydrogen) atoms. The summed E-state index contributed by atoms with van der Waals surface area (Å²) in [5, 5.41) is 3.34. The summed E-state index contributed by atoms with van der Waals surface area (Å²) in [6, 6.07) is 7.95. The van der Waals surface area contributed by atoms with E-state index in [2.05, 4.69) is 29.1 Å². The van der Waals surface area contributed by atoms with Crippen LogP contribution in [0.5, 0.6) is 5.75 Å². The fourth-order valence-electron chi connectivity index (χ4n) is 2.33. The van der Waals surface area contributed by atoms with Crippen molar-refractivity contribution in [2.45, 2.75) is 38.6 Å². The van der Waals surface area contributed by atoms with Crippen LogP contribution < -0.4 is 21.3 Å². The number of amides is 1. The second-order valence-corrected chi connectivity index (χ2v) is 5.91. The summed E-state index contributed by atoms with van der Waals surface area (Å²) >= 11 is 0. The van der Waals surface area contributed by atoms with E-state index < -0.39 is 5.91 Å². The number of nitrogens with one attached hydrogen (secondary N) is 2. The van der Waals surface area contributed by atoms with E-state index >= 15 is 0 Å². The second kappa shape index (κ2) is 8.43. The molecule has 1 fully saturated rings. The standard InChI is InChI=1S/C15H17N5O2.C3H8/c1-22-12-4-2-11(3-5-12)15(6-7-15)19-14-17-8-10(9-18-14)13(21)20-16;1-3-2/h2-5,8-9H,6-7,16H2,1H3,(H,20,21)(H,17,18,19);3H2,1-2H3. The first-order chi connectivity index (χ1) is 12.1. The minimum Gasteiger partial charge on any atom is -0.497 e. The monoisotopic (exact) mass is 343 g/mol. The summed E-state index contributed by atoms with van der Waals surface area (Å²) in [7, 11) is 1.65. The number of methoxy groups -OCH3 is 1. The highest BCUT2D eigenvalue weighted by atomic mass is 16.5. The van der Waals surface area contributed by atoms with Crippen LogP contribution in [0.2, 0.25) is 0 Å². The van der Waals surface area contributed by atoms with Crippen LogP contribution in [0.15, 0.2) is 36.7 Å². The Morgan fingerprint density at radius 1 is 1.20 bits per heavy atom. The largest absolute Gasteiger partial charge is 0.497 e. The van der Waals surface area contributed by atoms with Gasteiger partial charge in [-0.3, -0.25) is 10.2 Å². The highest BCUT2D eigenvalue weighted by molar-refractivity contribution is 5.93. The molecular formula is C18H25N5O2. The van der Waals surface area contributed by atoms with Crippen molar-refractivity contribution in [2.75, 3.05) is 12.4 Å². The minimum absolute atomic E-state index is 0.135. The van der Waals surface area contributed by atoms with Gasteiger partial charge in [0, 0.05) is 12.4 Å². The van der Waals surface area contributed by atoms with Crippen molar-refractivity contribution >= 4 is 11.9 Å². The van der Waals surface area contributed by atoms with Gasteiger partial charge >= 0.3 is 0 Å². The number of carbonyl (C=O) groups is 1. The maximum absolute atomic E-state index is 11.4. The molecule has 1 saturated carbocycles. The zero-order valence-corrected chi connectivity index (χ0v) is 14.9. The van der Waals surface area contributed by atoms with Crippen molar-refractivity contribution in [1.29, 1.82) is 0 Å². The first-order valence-corrected chi connectivity index (χ1v) is 8.34. The van der Waals surface area contributed by atoms with Crippen LogP contribution in [-0.2, 0) is 5.54 Å². The normalized spacial score (nSPS) is 13.9. The fraction of sp³-hybridized carbons (Fsp3) is 0.389. The van der Waals surface area contributed by atoms with Gasteiger partial charge in [-0.2, -0.15) is 0 Å². The van der Waals surface area contributed by atoms with Crippen LogP contribution in [0, 0.1) is 0 Å². The molecule has 1 heterocycles. The zero-order chi connectivity index (χ0) is 18.3. The molecule has 0 unspecified atom stereocenters. The first kappa shape index (κ1) is 18.7.